The molecule has 0 spiro atoms. The van der Waals surface area contributed by atoms with E-state index in [0.717, 1.165) is 17.9 Å². The lowest BCUT2D eigenvalue weighted by Gasteiger charge is -2.02. The van der Waals surface area contributed by atoms with E-state index in [9.17, 15) is 5.11 Å². The molecule has 3 nitrogen and oxygen atoms in total. The Labute approximate surface area is 161 Å². The highest BCUT2D eigenvalue weighted by atomic mass is 16.3. The number of aromatic nitrogens is 2. The average Bonchev–Trinajstić information content (AvgIpc) is 2.99. The summed E-state index contributed by atoms with van der Waals surface area (Å²) in [5, 5.41) is 9.57. The maximum atomic E-state index is 9.57. The summed E-state index contributed by atoms with van der Waals surface area (Å²) in [5.74, 6) is 0.926. The Morgan fingerprint density at radius 2 is 1.42 bits per heavy atom. The first kappa shape index (κ1) is 23.0. The molecule has 0 radical (unpaired) electrons. The molecule has 1 aromatic heterocycles. The molecule has 0 aliphatic carbocycles. The monoisotopic (exact) mass is 362 g/mol. The second kappa shape index (κ2) is 15.0. The van der Waals surface area contributed by atoms with Gasteiger partial charge in [0.15, 0.2) is 0 Å². The van der Waals surface area contributed by atoms with Crippen molar-refractivity contribution in [1.29, 1.82) is 0 Å². The van der Waals surface area contributed by atoms with Crippen LogP contribution in [0.3, 0.4) is 0 Å². The molecule has 0 fully saturated rings. The number of aryl methyl sites for hydroxylation is 1. The van der Waals surface area contributed by atoms with E-state index in [-0.39, 0.29) is 0 Å². The van der Waals surface area contributed by atoms with Gasteiger partial charge in [0.1, 0.15) is 5.82 Å². The molecule has 0 amide bonds. The first-order valence-corrected chi connectivity index (χ1v) is 11.0. The zero-order chi connectivity index (χ0) is 19.0. The molecule has 0 saturated carbocycles. The number of imidazole rings is 1. The predicted octanol–water partition coefficient (Wildman–Crippen LogP) is 6.97. The molecular weight excluding hydrogens is 320 g/mol. The topological polar surface area (TPSA) is 38.1 Å². The molecule has 0 saturated heterocycles. The van der Waals surface area contributed by atoms with E-state index in [1.165, 1.54) is 83.5 Å². The van der Waals surface area contributed by atoms with Crippen molar-refractivity contribution in [2.75, 3.05) is 0 Å². The quantitative estimate of drug-likeness (QED) is 0.322. The third kappa shape index (κ3) is 10.8. The summed E-state index contributed by atoms with van der Waals surface area (Å²) < 4.78 is 1.97. The SMILES string of the molecule is CCCCCCCCCCCCCCCC=Cc1nc(C(C)O)cn1C. The number of aliphatic hydroxyl groups excluding tert-OH is 1. The fraction of sp³-hybridized carbons (Fsp3) is 0.783. The molecule has 1 heterocycles. The van der Waals surface area contributed by atoms with Gasteiger partial charge in [-0.05, 0) is 25.8 Å². The van der Waals surface area contributed by atoms with Crippen LogP contribution in [0.25, 0.3) is 6.08 Å². The molecule has 0 aliphatic heterocycles. The Bertz CT molecular complexity index is 477. The second-order valence-electron chi connectivity index (χ2n) is 7.74. The van der Waals surface area contributed by atoms with Crippen molar-refractivity contribution in [3.8, 4) is 0 Å². The van der Waals surface area contributed by atoms with Gasteiger partial charge in [0.2, 0.25) is 0 Å². The van der Waals surface area contributed by atoms with E-state index in [2.05, 4.69) is 24.1 Å². The van der Waals surface area contributed by atoms with Gasteiger partial charge in [-0.15, -0.1) is 0 Å². The van der Waals surface area contributed by atoms with Crippen LogP contribution in [0, 0.1) is 0 Å². The number of nitrogens with zero attached hydrogens (tertiary/aromatic N) is 2. The number of rotatable bonds is 16. The summed E-state index contributed by atoms with van der Waals surface area (Å²) in [4.78, 5) is 4.44. The number of allylic oxidation sites excluding steroid dienone is 1. The molecule has 26 heavy (non-hydrogen) atoms. The lowest BCUT2D eigenvalue weighted by atomic mass is 10.0. The van der Waals surface area contributed by atoms with Crippen LogP contribution in [-0.2, 0) is 7.05 Å². The van der Waals surface area contributed by atoms with Crippen LogP contribution in [0.2, 0.25) is 0 Å². The lowest BCUT2D eigenvalue weighted by molar-refractivity contribution is 0.194. The van der Waals surface area contributed by atoms with Gasteiger partial charge in [-0.25, -0.2) is 4.98 Å². The van der Waals surface area contributed by atoms with Crippen LogP contribution in [0.5, 0.6) is 0 Å². The second-order valence-corrected chi connectivity index (χ2v) is 7.74. The Kier molecular flexibility index (Phi) is 13.3. The van der Waals surface area contributed by atoms with Gasteiger partial charge >= 0.3 is 0 Å². The van der Waals surface area contributed by atoms with Crippen LogP contribution in [0.4, 0.5) is 0 Å². The molecule has 1 N–H and O–H groups in total. The minimum absolute atomic E-state index is 0.496. The molecule has 1 aromatic rings. The summed E-state index contributed by atoms with van der Waals surface area (Å²) in [5.41, 5.74) is 0.744. The van der Waals surface area contributed by atoms with Crippen LogP contribution in [-0.4, -0.2) is 14.7 Å². The van der Waals surface area contributed by atoms with Crippen LogP contribution >= 0.6 is 0 Å². The van der Waals surface area contributed by atoms with E-state index in [0.29, 0.717) is 0 Å². The van der Waals surface area contributed by atoms with E-state index in [1.54, 1.807) is 6.92 Å². The summed E-state index contributed by atoms with van der Waals surface area (Å²) in [6.45, 7) is 4.04. The maximum Gasteiger partial charge on any atom is 0.132 e. The average molecular weight is 363 g/mol. The zero-order valence-electron chi connectivity index (χ0n) is 17.6. The van der Waals surface area contributed by atoms with Gasteiger partial charge in [-0.3, -0.25) is 0 Å². The lowest BCUT2D eigenvalue weighted by Crippen LogP contribution is -1.89. The van der Waals surface area contributed by atoms with Crippen molar-refractivity contribution in [2.45, 2.75) is 110 Å². The fourth-order valence-corrected chi connectivity index (χ4v) is 3.33. The van der Waals surface area contributed by atoms with Crippen molar-refractivity contribution >= 4 is 6.08 Å². The van der Waals surface area contributed by atoms with Gasteiger partial charge in [0.05, 0.1) is 11.8 Å². The molecule has 1 rings (SSSR count). The molecule has 0 bridgehead atoms. The first-order chi connectivity index (χ1) is 12.6. The van der Waals surface area contributed by atoms with Crippen molar-refractivity contribution in [3.63, 3.8) is 0 Å². The Balaban J connectivity index is 1.92. The first-order valence-electron chi connectivity index (χ1n) is 11.0. The molecule has 1 unspecified atom stereocenters. The number of unbranched alkanes of at least 4 members (excludes halogenated alkanes) is 13. The molecular formula is C23H42N2O. The molecule has 0 aliphatic rings. The smallest absolute Gasteiger partial charge is 0.132 e. The van der Waals surface area contributed by atoms with Crippen LogP contribution in [0.15, 0.2) is 12.3 Å². The van der Waals surface area contributed by atoms with Gasteiger partial charge in [0.25, 0.3) is 0 Å². The van der Waals surface area contributed by atoms with Crippen LogP contribution in [0.1, 0.15) is 121 Å². The molecule has 0 aromatic carbocycles. The predicted molar refractivity (Wildman–Crippen MR) is 113 cm³/mol. The van der Waals surface area contributed by atoms with Gasteiger partial charge < -0.3 is 9.67 Å². The normalized spacial score (nSPS) is 12.9. The largest absolute Gasteiger partial charge is 0.387 e. The highest BCUT2D eigenvalue weighted by Gasteiger charge is 2.06. The highest BCUT2D eigenvalue weighted by molar-refractivity contribution is 5.41. The number of hydrogen-bond donors (Lipinski definition) is 1. The Morgan fingerprint density at radius 1 is 0.923 bits per heavy atom. The van der Waals surface area contributed by atoms with E-state index >= 15 is 0 Å². The summed E-state index contributed by atoms with van der Waals surface area (Å²) >= 11 is 0. The molecule has 3 heteroatoms. The fourth-order valence-electron chi connectivity index (χ4n) is 3.33. The Morgan fingerprint density at radius 3 is 1.88 bits per heavy atom. The standard InChI is InChI=1S/C23H42N2O/c1-4-5-6-7-8-9-10-11-12-13-14-15-16-17-18-19-23-24-22(21(2)26)20-25(23)3/h18-21,26H,4-17H2,1-3H3. The Hall–Kier alpha value is -1.09. The molecule has 1 atom stereocenters. The highest BCUT2D eigenvalue weighted by Crippen LogP contribution is 2.14. The van der Waals surface area contributed by atoms with E-state index in [4.69, 9.17) is 0 Å². The van der Waals surface area contributed by atoms with Crippen molar-refractivity contribution in [3.05, 3.63) is 23.8 Å². The number of aliphatic hydroxyl groups is 1. The van der Waals surface area contributed by atoms with Crippen molar-refractivity contribution in [1.82, 2.24) is 9.55 Å². The van der Waals surface area contributed by atoms with Gasteiger partial charge in [-0.1, -0.05) is 90.0 Å². The number of hydrogen-bond acceptors (Lipinski definition) is 2. The van der Waals surface area contributed by atoms with Crippen molar-refractivity contribution in [2.24, 2.45) is 7.05 Å². The van der Waals surface area contributed by atoms with E-state index < -0.39 is 6.10 Å². The van der Waals surface area contributed by atoms with E-state index in [1.807, 2.05) is 17.8 Å². The molecule has 150 valence electrons. The minimum Gasteiger partial charge on any atom is -0.387 e. The third-order valence-corrected chi connectivity index (χ3v) is 5.10. The van der Waals surface area contributed by atoms with Crippen LogP contribution < -0.4 is 0 Å². The summed E-state index contributed by atoms with van der Waals surface area (Å²) in [6, 6.07) is 0. The maximum absolute atomic E-state index is 9.57. The minimum atomic E-state index is -0.496. The van der Waals surface area contributed by atoms with Gasteiger partial charge in [0, 0.05) is 13.2 Å². The van der Waals surface area contributed by atoms with Gasteiger partial charge in [-0.2, -0.15) is 0 Å². The summed E-state index contributed by atoms with van der Waals surface area (Å²) in [7, 11) is 1.98. The zero-order valence-corrected chi connectivity index (χ0v) is 17.6. The third-order valence-electron chi connectivity index (χ3n) is 5.10. The summed E-state index contributed by atoms with van der Waals surface area (Å²) in [6.07, 6.45) is 25.0. The van der Waals surface area contributed by atoms with Crippen molar-refractivity contribution < 1.29 is 5.11 Å².